The van der Waals surface area contributed by atoms with Crippen molar-refractivity contribution in [1.29, 1.82) is 0 Å². The van der Waals surface area contributed by atoms with E-state index in [0.717, 1.165) is 0 Å². The number of rotatable bonds is 4. The Balaban J connectivity index is 1.09. The van der Waals surface area contributed by atoms with Crippen molar-refractivity contribution in [2.45, 2.75) is 83.8 Å². The van der Waals surface area contributed by atoms with E-state index in [9.17, 15) is 14.7 Å². The summed E-state index contributed by atoms with van der Waals surface area (Å²) in [4.78, 5) is 28.9. The van der Waals surface area contributed by atoms with Crippen LogP contribution in [0.5, 0.6) is 0 Å². The lowest BCUT2D eigenvalue weighted by molar-refractivity contribution is -0.143. The van der Waals surface area contributed by atoms with Gasteiger partial charge >= 0.3 is 0 Å². The lowest BCUT2D eigenvalue weighted by Crippen LogP contribution is -2.53. The van der Waals surface area contributed by atoms with E-state index in [4.69, 9.17) is 11.6 Å². The summed E-state index contributed by atoms with van der Waals surface area (Å²) < 4.78 is 0. The van der Waals surface area contributed by atoms with E-state index in [0.29, 0.717) is 50.5 Å². The van der Waals surface area contributed by atoms with Crippen molar-refractivity contribution >= 4 is 46.9 Å². The zero-order chi connectivity index (χ0) is 25.6. The summed E-state index contributed by atoms with van der Waals surface area (Å²) >= 11 is 10.4. The minimum Gasteiger partial charge on any atom is -0.380 e. The van der Waals surface area contributed by atoms with Gasteiger partial charge in [0.05, 0.1) is 15.6 Å². The molecule has 6 rings (SSSR count). The number of nitrogens with zero attached hydrogens (tertiary/aromatic N) is 2. The number of piperazine rings is 1. The first-order valence-electron chi connectivity index (χ1n) is 13.8. The molecule has 0 spiro atoms. The summed E-state index contributed by atoms with van der Waals surface area (Å²) in [7, 11) is 0. The Bertz CT molecular complexity index is 1010. The molecule has 3 N–H and O–H groups in total. The molecule has 37 heavy (non-hydrogen) atoms. The van der Waals surface area contributed by atoms with Gasteiger partial charge in [0.15, 0.2) is 0 Å². The first kappa shape index (κ1) is 26.3. The number of nitrogens with one attached hydrogen (secondary N) is 2. The third-order valence-electron chi connectivity index (χ3n) is 8.75. The molecule has 4 unspecified atom stereocenters. The second kappa shape index (κ2) is 10.5. The van der Waals surface area contributed by atoms with Gasteiger partial charge in [-0.05, 0) is 49.3 Å². The van der Waals surface area contributed by atoms with E-state index in [1.165, 1.54) is 50.5 Å². The summed E-state index contributed by atoms with van der Waals surface area (Å²) in [6.07, 6.45) is 10.2. The second-order valence-electron chi connectivity index (χ2n) is 11.2. The molecule has 3 aliphatic heterocycles. The van der Waals surface area contributed by atoms with Gasteiger partial charge in [0, 0.05) is 31.7 Å². The molecule has 2 saturated carbocycles. The standard InChI is InChI=1S/C27H37ClN4O3S2/c28-25-30-27(20-6-4-2-1-3-5-7-20)23(36-25)29-21(37-27)18-8-10-19(11-9-18)22(33)31-14-16-32(17-15-31)24(34)26(35)12-13-26/h8-11,20-21,23,25,29-30,35H,1-7,12-17H2. The van der Waals surface area contributed by atoms with Crippen LogP contribution in [-0.2, 0) is 4.79 Å². The van der Waals surface area contributed by atoms with E-state index < -0.39 is 5.60 Å². The van der Waals surface area contributed by atoms with Crippen LogP contribution in [0.1, 0.15) is 79.1 Å². The van der Waals surface area contributed by atoms with Crippen LogP contribution in [0, 0.1) is 5.92 Å². The average molecular weight is 565 g/mol. The largest absolute Gasteiger partial charge is 0.380 e. The van der Waals surface area contributed by atoms with Gasteiger partial charge in [-0.3, -0.25) is 20.2 Å². The van der Waals surface area contributed by atoms with Gasteiger partial charge < -0.3 is 14.9 Å². The maximum absolute atomic E-state index is 13.2. The normalized spacial score (nSPS) is 34.1. The van der Waals surface area contributed by atoms with Crippen LogP contribution in [0.2, 0.25) is 0 Å². The van der Waals surface area contributed by atoms with E-state index in [1.54, 1.807) is 16.7 Å². The van der Waals surface area contributed by atoms with Crippen LogP contribution in [0.4, 0.5) is 0 Å². The number of thioether (sulfide) groups is 2. The molecule has 4 atom stereocenters. The van der Waals surface area contributed by atoms with Crippen LogP contribution in [0.3, 0.4) is 0 Å². The van der Waals surface area contributed by atoms with Crippen LogP contribution < -0.4 is 10.6 Å². The molecule has 1 aromatic carbocycles. The first-order valence-corrected chi connectivity index (χ1v) is 16.1. The number of carbonyl (C=O) groups is 2. The Morgan fingerprint density at radius 2 is 1.57 bits per heavy atom. The quantitative estimate of drug-likeness (QED) is 0.375. The second-order valence-corrected chi connectivity index (χ2v) is 14.5. The number of benzene rings is 1. The van der Waals surface area contributed by atoms with Gasteiger partial charge in [-0.2, -0.15) is 0 Å². The fourth-order valence-electron chi connectivity index (χ4n) is 6.33. The van der Waals surface area contributed by atoms with E-state index in [2.05, 4.69) is 22.8 Å². The molecule has 3 saturated heterocycles. The Morgan fingerprint density at radius 1 is 0.946 bits per heavy atom. The van der Waals surface area contributed by atoms with E-state index in [1.807, 2.05) is 28.8 Å². The van der Waals surface area contributed by atoms with Crippen LogP contribution in [-0.4, -0.2) is 73.6 Å². The molecule has 5 aliphatic rings. The molecule has 3 heterocycles. The Morgan fingerprint density at radius 3 is 2.22 bits per heavy atom. The first-order chi connectivity index (χ1) is 17.9. The van der Waals surface area contributed by atoms with Crippen LogP contribution >= 0.6 is 35.1 Å². The molecule has 202 valence electrons. The smallest absolute Gasteiger partial charge is 0.254 e. The SMILES string of the molecule is O=C(c1ccc(C2NC3SC(Cl)NC3(C3CCCCCCC3)S2)cc1)N1CCN(C(=O)C2(O)CC2)CC1. The molecular weight excluding hydrogens is 528 g/mol. The Labute approximate surface area is 232 Å². The molecule has 0 bridgehead atoms. The molecule has 1 aromatic rings. The number of halogens is 1. The van der Waals surface area contributed by atoms with Crippen molar-refractivity contribution in [3.8, 4) is 0 Å². The number of fused-ring (bicyclic) bond motifs is 1. The molecule has 7 nitrogen and oxygen atoms in total. The van der Waals surface area contributed by atoms with Gasteiger partial charge in [0.1, 0.15) is 10.4 Å². The van der Waals surface area contributed by atoms with Crippen LogP contribution in [0.15, 0.2) is 24.3 Å². The number of hydrogen-bond acceptors (Lipinski definition) is 7. The van der Waals surface area contributed by atoms with Gasteiger partial charge in [-0.1, -0.05) is 55.8 Å². The highest BCUT2D eigenvalue weighted by atomic mass is 35.5. The third-order valence-corrected chi connectivity index (χ3v) is 12.2. The predicted octanol–water partition coefficient (Wildman–Crippen LogP) is 4.07. The molecule has 5 fully saturated rings. The maximum Gasteiger partial charge on any atom is 0.254 e. The van der Waals surface area contributed by atoms with Crippen molar-refractivity contribution in [2.75, 3.05) is 26.2 Å². The van der Waals surface area contributed by atoms with Gasteiger partial charge in [0.2, 0.25) is 0 Å². The number of aliphatic hydroxyl groups is 1. The monoisotopic (exact) mass is 564 g/mol. The number of alkyl halides is 1. The highest BCUT2D eigenvalue weighted by Gasteiger charge is 2.58. The van der Waals surface area contributed by atoms with Crippen molar-refractivity contribution in [1.82, 2.24) is 20.4 Å². The lowest BCUT2D eigenvalue weighted by atomic mass is 9.85. The molecule has 2 aliphatic carbocycles. The molecule has 0 radical (unpaired) electrons. The Hall–Kier alpha value is -0.970. The topological polar surface area (TPSA) is 84.9 Å². The fourth-order valence-corrected chi connectivity index (χ4v) is 10.3. The Kier molecular flexibility index (Phi) is 7.48. The van der Waals surface area contributed by atoms with Gasteiger partial charge in [0.25, 0.3) is 11.8 Å². The predicted molar refractivity (Wildman–Crippen MR) is 149 cm³/mol. The van der Waals surface area contributed by atoms with Crippen molar-refractivity contribution in [3.05, 3.63) is 35.4 Å². The van der Waals surface area contributed by atoms with E-state index >= 15 is 0 Å². The van der Waals surface area contributed by atoms with Crippen LogP contribution in [0.25, 0.3) is 0 Å². The number of carbonyl (C=O) groups excluding carboxylic acids is 2. The van der Waals surface area contributed by atoms with Crippen molar-refractivity contribution < 1.29 is 14.7 Å². The minimum atomic E-state index is -1.14. The van der Waals surface area contributed by atoms with Gasteiger partial charge in [-0.25, -0.2) is 0 Å². The lowest BCUT2D eigenvalue weighted by Gasteiger charge is -2.37. The fraction of sp³-hybridized carbons (Fsp3) is 0.704. The molecule has 10 heteroatoms. The summed E-state index contributed by atoms with van der Waals surface area (Å²) in [6, 6.07) is 8.03. The zero-order valence-electron chi connectivity index (χ0n) is 21.2. The van der Waals surface area contributed by atoms with Crippen molar-refractivity contribution in [3.63, 3.8) is 0 Å². The summed E-state index contributed by atoms with van der Waals surface area (Å²) in [5.74, 6) is 0.421. The minimum absolute atomic E-state index is 0.000816. The summed E-state index contributed by atoms with van der Waals surface area (Å²) in [6.45, 7) is 1.95. The molecule has 2 amide bonds. The number of hydrogen-bond donors (Lipinski definition) is 3. The van der Waals surface area contributed by atoms with Gasteiger partial charge in [-0.15, -0.1) is 23.5 Å². The average Bonchev–Trinajstić information content (AvgIpc) is 3.43. The molecular formula is C27H37ClN4O3S2. The van der Waals surface area contributed by atoms with Crippen molar-refractivity contribution in [2.24, 2.45) is 5.92 Å². The zero-order valence-corrected chi connectivity index (χ0v) is 23.6. The molecule has 0 aromatic heterocycles. The number of amides is 2. The highest BCUT2D eigenvalue weighted by Crippen LogP contribution is 2.58. The summed E-state index contributed by atoms with van der Waals surface area (Å²) in [5.41, 5.74) is 0.720. The maximum atomic E-state index is 13.2. The van der Waals surface area contributed by atoms with E-state index in [-0.39, 0.29) is 32.3 Å². The third kappa shape index (κ3) is 5.16. The highest BCUT2D eigenvalue weighted by molar-refractivity contribution is 8.06. The summed E-state index contributed by atoms with van der Waals surface area (Å²) in [5, 5.41) is 18.1.